The molecule has 0 aliphatic heterocycles. The molecule has 0 bridgehead atoms. The van der Waals surface area contributed by atoms with Crippen LogP contribution in [0.4, 0.5) is 0 Å². The van der Waals surface area contributed by atoms with Crippen molar-refractivity contribution in [3.05, 3.63) is 12.2 Å². The van der Waals surface area contributed by atoms with Crippen LogP contribution >= 0.6 is 0 Å². The first-order valence-corrected chi connectivity index (χ1v) is 6.38. The molecule has 26 heavy (non-hydrogen) atoms. The Bertz CT molecular complexity index is 514. The molecule has 0 aliphatic carbocycles. The van der Waals surface area contributed by atoms with Crippen molar-refractivity contribution >= 4 is 35.8 Å². The molecule has 0 aromatic carbocycles. The van der Waals surface area contributed by atoms with Crippen molar-refractivity contribution in [1.82, 2.24) is 9.80 Å². The maximum Gasteiger partial charge on any atom is 0.328 e. The second-order valence-corrected chi connectivity index (χ2v) is 4.28. The van der Waals surface area contributed by atoms with E-state index >= 15 is 0 Å². The smallest absolute Gasteiger partial charge is 0.328 e. The van der Waals surface area contributed by atoms with E-state index in [2.05, 4.69) is 0 Å². The lowest BCUT2D eigenvalue weighted by atomic mass is 10.5. The fourth-order valence-corrected chi connectivity index (χ4v) is 0.719. The zero-order valence-electron chi connectivity index (χ0n) is 14.0. The third kappa shape index (κ3) is 25.1. The van der Waals surface area contributed by atoms with Crippen molar-refractivity contribution in [2.75, 3.05) is 27.2 Å². The van der Waals surface area contributed by atoms with Crippen molar-refractivity contribution in [1.29, 1.82) is 10.8 Å². The van der Waals surface area contributed by atoms with Crippen molar-refractivity contribution < 1.29 is 39.6 Å². The van der Waals surface area contributed by atoms with Gasteiger partial charge in [0.05, 0.1) is 0 Å². The lowest BCUT2D eigenvalue weighted by Crippen LogP contribution is -2.36. The van der Waals surface area contributed by atoms with Gasteiger partial charge in [-0.1, -0.05) is 0 Å². The number of nitrogens with one attached hydrogen (secondary N) is 2. The first-order chi connectivity index (χ1) is 11.7. The molecule has 0 fully saturated rings. The standard InChI is InChI=1S/2C4H9N3O2.C4H4O4/c2*1-7(4(5)6)2-3(8)9;5-3(6)1-2-4(7)8/h2*2H2,1H3,(H3,5,6)(H,8,9);1-2H,(H,5,6)(H,7,8)/b;;2-1-. The number of nitrogens with zero attached hydrogens (tertiary/aromatic N) is 2. The largest absolute Gasteiger partial charge is 0.480 e. The fraction of sp³-hybridized carbons (Fsp3) is 0.333. The van der Waals surface area contributed by atoms with E-state index in [1.807, 2.05) is 0 Å². The molecule has 14 nitrogen and oxygen atoms in total. The van der Waals surface area contributed by atoms with E-state index in [-0.39, 0.29) is 25.0 Å². The summed E-state index contributed by atoms with van der Waals surface area (Å²) in [5, 5.41) is 45.4. The van der Waals surface area contributed by atoms with Crippen LogP contribution in [-0.2, 0) is 19.2 Å². The van der Waals surface area contributed by atoms with Crippen molar-refractivity contribution in [3.8, 4) is 0 Å². The van der Waals surface area contributed by atoms with E-state index in [0.29, 0.717) is 12.2 Å². The summed E-state index contributed by atoms with van der Waals surface area (Å²) in [6, 6.07) is 0. The van der Waals surface area contributed by atoms with E-state index in [4.69, 9.17) is 42.7 Å². The van der Waals surface area contributed by atoms with Gasteiger partial charge in [0, 0.05) is 26.2 Å². The predicted octanol–water partition coefficient (Wildman–Crippen LogP) is -2.50. The van der Waals surface area contributed by atoms with Gasteiger partial charge < -0.3 is 41.7 Å². The first-order valence-electron chi connectivity index (χ1n) is 6.38. The average Bonchev–Trinajstić information content (AvgIpc) is 2.44. The molecule has 0 aromatic rings. The van der Waals surface area contributed by atoms with Gasteiger partial charge in [0.1, 0.15) is 13.1 Å². The monoisotopic (exact) mass is 378 g/mol. The van der Waals surface area contributed by atoms with Gasteiger partial charge in [-0.25, -0.2) is 9.59 Å². The number of aliphatic carboxylic acids is 4. The van der Waals surface area contributed by atoms with E-state index in [1.54, 1.807) is 0 Å². The Hall–Kier alpha value is -3.84. The Morgan fingerprint density at radius 2 is 1.00 bits per heavy atom. The third-order valence-corrected chi connectivity index (χ3v) is 1.94. The maximum atomic E-state index is 9.92. The summed E-state index contributed by atoms with van der Waals surface area (Å²) in [6.45, 7) is -0.454. The van der Waals surface area contributed by atoms with Crippen LogP contribution in [0.3, 0.4) is 0 Å². The molecule has 10 N–H and O–H groups in total. The van der Waals surface area contributed by atoms with Crippen LogP contribution < -0.4 is 11.5 Å². The van der Waals surface area contributed by atoms with E-state index < -0.39 is 23.9 Å². The van der Waals surface area contributed by atoms with Crippen LogP contribution in [0.2, 0.25) is 0 Å². The minimum absolute atomic E-state index is 0.227. The van der Waals surface area contributed by atoms with Crippen LogP contribution in [-0.4, -0.2) is 93.2 Å². The fourth-order valence-electron chi connectivity index (χ4n) is 0.719. The highest BCUT2D eigenvalue weighted by atomic mass is 16.4. The SMILES string of the molecule is CN(CC(=O)O)C(=N)N.CN(CC(=O)O)C(=N)N.O=C(O)/C=C\C(=O)O. The highest BCUT2D eigenvalue weighted by Crippen LogP contribution is 1.77. The van der Waals surface area contributed by atoms with Gasteiger partial charge in [-0.2, -0.15) is 0 Å². The summed E-state index contributed by atoms with van der Waals surface area (Å²) in [6.07, 6.45) is 1.12. The van der Waals surface area contributed by atoms with Crippen LogP contribution in [0, 0.1) is 10.8 Å². The lowest BCUT2D eigenvalue weighted by molar-refractivity contribution is -0.138. The predicted molar refractivity (Wildman–Crippen MR) is 88.8 cm³/mol. The van der Waals surface area contributed by atoms with Gasteiger partial charge in [0.2, 0.25) is 0 Å². The summed E-state index contributed by atoms with van der Waals surface area (Å²) in [7, 11) is 2.88. The van der Waals surface area contributed by atoms with Crippen LogP contribution in [0.1, 0.15) is 0 Å². The zero-order chi connectivity index (χ0) is 21.4. The Labute approximate surface area is 147 Å². The number of nitrogens with two attached hydrogens (primary N) is 2. The summed E-state index contributed by atoms with van der Waals surface area (Å²) >= 11 is 0. The summed E-state index contributed by atoms with van der Waals surface area (Å²) in [5.74, 6) is -4.98. The highest BCUT2D eigenvalue weighted by Gasteiger charge is 2.03. The molecule has 0 heterocycles. The van der Waals surface area contributed by atoms with Gasteiger partial charge >= 0.3 is 23.9 Å². The first kappa shape index (κ1) is 27.0. The normalized spacial score (nSPS) is 8.85. The van der Waals surface area contributed by atoms with Gasteiger partial charge in [-0.15, -0.1) is 0 Å². The number of hydrogen-bond donors (Lipinski definition) is 8. The second-order valence-electron chi connectivity index (χ2n) is 4.28. The molecule has 0 rings (SSSR count). The molecule has 14 heteroatoms. The molecule has 0 spiro atoms. The molecular weight excluding hydrogens is 356 g/mol. The molecule has 0 aliphatic rings. The Morgan fingerprint density at radius 1 is 0.769 bits per heavy atom. The van der Waals surface area contributed by atoms with E-state index in [1.165, 1.54) is 14.1 Å². The molecular formula is C12H22N6O8. The van der Waals surface area contributed by atoms with E-state index in [9.17, 15) is 19.2 Å². The third-order valence-electron chi connectivity index (χ3n) is 1.94. The number of carbonyl (C=O) groups is 4. The highest BCUT2D eigenvalue weighted by molar-refractivity contribution is 5.89. The van der Waals surface area contributed by atoms with Gasteiger partial charge in [0.15, 0.2) is 11.9 Å². The molecule has 0 amide bonds. The maximum absolute atomic E-state index is 9.92. The van der Waals surface area contributed by atoms with Crippen LogP contribution in [0.15, 0.2) is 12.2 Å². The van der Waals surface area contributed by atoms with Crippen molar-refractivity contribution in [3.63, 3.8) is 0 Å². The Kier molecular flexibility index (Phi) is 15.3. The summed E-state index contributed by atoms with van der Waals surface area (Å²) in [4.78, 5) is 41.2. The molecule has 0 atom stereocenters. The van der Waals surface area contributed by atoms with Crippen molar-refractivity contribution in [2.45, 2.75) is 0 Å². The van der Waals surface area contributed by atoms with E-state index in [0.717, 1.165) is 9.80 Å². The number of likely N-dealkylation sites (N-methyl/N-ethyl adjacent to an activating group) is 2. The molecule has 148 valence electrons. The minimum atomic E-state index is -1.26. The van der Waals surface area contributed by atoms with Gasteiger partial charge in [-0.05, 0) is 0 Å². The number of hydrogen-bond acceptors (Lipinski definition) is 6. The molecule has 0 radical (unpaired) electrons. The minimum Gasteiger partial charge on any atom is -0.480 e. The zero-order valence-corrected chi connectivity index (χ0v) is 14.0. The summed E-state index contributed by atoms with van der Waals surface area (Å²) < 4.78 is 0. The molecule has 0 unspecified atom stereocenters. The summed E-state index contributed by atoms with van der Waals surface area (Å²) in [5.41, 5.74) is 9.86. The molecule has 0 saturated carbocycles. The second kappa shape index (κ2) is 14.7. The topological polar surface area (TPSA) is 255 Å². The number of guanidine groups is 2. The number of carboxylic acid groups (broad SMARTS) is 4. The van der Waals surface area contributed by atoms with Crippen LogP contribution in [0.25, 0.3) is 0 Å². The quantitative estimate of drug-likeness (QED) is 0.135. The Balaban J connectivity index is -0.000000306. The molecule has 0 aromatic heterocycles. The number of carboxylic acids is 4. The molecule has 0 saturated heterocycles. The Morgan fingerprint density at radius 3 is 1.08 bits per heavy atom. The van der Waals surface area contributed by atoms with Crippen molar-refractivity contribution in [2.24, 2.45) is 11.5 Å². The van der Waals surface area contributed by atoms with Gasteiger partial charge in [0.25, 0.3) is 0 Å². The number of rotatable bonds is 6. The lowest BCUT2D eigenvalue weighted by Gasteiger charge is -2.12. The van der Waals surface area contributed by atoms with Crippen LogP contribution in [0.5, 0.6) is 0 Å². The average molecular weight is 378 g/mol. The van der Waals surface area contributed by atoms with Gasteiger partial charge in [-0.3, -0.25) is 20.4 Å².